The lowest BCUT2D eigenvalue weighted by Crippen LogP contribution is -2.30. The Labute approximate surface area is 152 Å². The van der Waals surface area contributed by atoms with Crippen molar-refractivity contribution in [1.29, 1.82) is 0 Å². The van der Waals surface area contributed by atoms with Gasteiger partial charge in [-0.3, -0.25) is 9.52 Å². The number of benzene rings is 2. The summed E-state index contributed by atoms with van der Waals surface area (Å²) >= 11 is 0. The van der Waals surface area contributed by atoms with Gasteiger partial charge in [0.15, 0.2) is 0 Å². The second-order valence-electron chi connectivity index (χ2n) is 5.71. The zero-order valence-corrected chi connectivity index (χ0v) is 15.3. The minimum absolute atomic E-state index is 0.110. The predicted octanol–water partition coefficient (Wildman–Crippen LogP) is 3.24. The number of halogens is 1. The first-order chi connectivity index (χ1) is 12.3. The van der Waals surface area contributed by atoms with Crippen molar-refractivity contribution in [2.45, 2.75) is 13.8 Å². The highest BCUT2D eigenvalue weighted by Gasteiger charge is 2.22. The van der Waals surface area contributed by atoms with Crippen LogP contribution in [-0.4, -0.2) is 26.7 Å². The monoisotopic (exact) mass is 380 g/mol. The van der Waals surface area contributed by atoms with E-state index >= 15 is 0 Å². The van der Waals surface area contributed by atoms with Crippen LogP contribution in [0.15, 0.2) is 48.5 Å². The van der Waals surface area contributed by atoms with E-state index in [-0.39, 0.29) is 5.69 Å². The summed E-state index contributed by atoms with van der Waals surface area (Å²) < 4.78 is 45.3. The summed E-state index contributed by atoms with van der Waals surface area (Å²) in [6.45, 7) is 3.77. The van der Waals surface area contributed by atoms with E-state index in [0.717, 1.165) is 6.07 Å². The van der Waals surface area contributed by atoms with Crippen LogP contribution in [-0.2, 0) is 14.8 Å². The van der Waals surface area contributed by atoms with Gasteiger partial charge in [-0.15, -0.1) is 0 Å². The number of anilines is 2. The maximum atomic E-state index is 13.2. The molecule has 2 rings (SSSR count). The SMILES string of the molecule is CCOc1ccccc1NC(=O)C(C)CS(=O)(=O)Nc1cccc(F)c1. The van der Waals surface area contributed by atoms with Gasteiger partial charge in [0.2, 0.25) is 15.9 Å². The Balaban J connectivity index is 2.02. The standard InChI is InChI=1S/C18H21FN2O4S/c1-3-25-17-10-5-4-9-16(17)20-18(22)13(2)12-26(23,24)21-15-8-6-7-14(19)11-15/h4-11,13,21H,3,12H2,1-2H3,(H,20,22). The summed E-state index contributed by atoms with van der Waals surface area (Å²) in [6.07, 6.45) is 0. The van der Waals surface area contributed by atoms with Gasteiger partial charge in [-0.1, -0.05) is 25.1 Å². The lowest BCUT2D eigenvalue weighted by Gasteiger charge is -2.16. The van der Waals surface area contributed by atoms with E-state index in [9.17, 15) is 17.6 Å². The van der Waals surface area contributed by atoms with Gasteiger partial charge in [0.1, 0.15) is 11.6 Å². The Morgan fingerprint density at radius 3 is 2.62 bits per heavy atom. The molecule has 0 radical (unpaired) electrons. The molecule has 2 N–H and O–H groups in total. The fourth-order valence-corrected chi connectivity index (χ4v) is 3.66. The van der Waals surface area contributed by atoms with E-state index in [0.29, 0.717) is 18.0 Å². The van der Waals surface area contributed by atoms with Crippen LogP contribution in [0.1, 0.15) is 13.8 Å². The number of carbonyl (C=O) groups excluding carboxylic acids is 1. The number of ether oxygens (including phenoxy) is 1. The zero-order valence-electron chi connectivity index (χ0n) is 14.5. The minimum atomic E-state index is -3.82. The highest BCUT2D eigenvalue weighted by atomic mass is 32.2. The molecule has 0 spiro atoms. The molecule has 0 aliphatic carbocycles. The summed E-state index contributed by atoms with van der Waals surface area (Å²) in [7, 11) is -3.82. The van der Waals surface area contributed by atoms with Gasteiger partial charge in [-0.25, -0.2) is 12.8 Å². The Kier molecular flexibility index (Phi) is 6.57. The molecule has 1 unspecified atom stereocenters. The molecule has 0 aliphatic rings. The van der Waals surface area contributed by atoms with Crippen LogP contribution in [0.2, 0.25) is 0 Å². The number of nitrogens with one attached hydrogen (secondary N) is 2. The van der Waals surface area contributed by atoms with Crippen LogP contribution in [0.3, 0.4) is 0 Å². The third kappa shape index (κ3) is 5.73. The van der Waals surface area contributed by atoms with Gasteiger partial charge in [0.05, 0.1) is 29.7 Å². The first kappa shape index (κ1) is 19.7. The lowest BCUT2D eigenvalue weighted by atomic mass is 10.2. The van der Waals surface area contributed by atoms with Crippen molar-refractivity contribution >= 4 is 27.3 Å². The molecule has 2 aromatic carbocycles. The fraction of sp³-hybridized carbons (Fsp3) is 0.278. The molecule has 0 aliphatic heterocycles. The Hall–Kier alpha value is -2.61. The van der Waals surface area contributed by atoms with Gasteiger partial charge < -0.3 is 10.1 Å². The molecular formula is C18H21FN2O4S. The Morgan fingerprint density at radius 2 is 1.92 bits per heavy atom. The van der Waals surface area contributed by atoms with Crippen molar-refractivity contribution in [2.24, 2.45) is 5.92 Å². The third-order valence-corrected chi connectivity index (χ3v) is 4.95. The topological polar surface area (TPSA) is 84.5 Å². The number of sulfonamides is 1. The summed E-state index contributed by atoms with van der Waals surface area (Å²) in [5.74, 6) is -1.76. The van der Waals surface area contributed by atoms with Crippen LogP contribution in [0.4, 0.5) is 15.8 Å². The van der Waals surface area contributed by atoms with Crippen molar-refractivity contribution in [1.82, 2.24) is 0 Å². The van der Waals surface area contributed by atoms with Crippen LogP contribution >= 0.6 is 0 Å². The van der Waals surface area contributed by atoms with E-state index in [2.05, 4.69) is 10.0 Å². The summed E-state index contributed by atoms with van der Waals surface area (Å²) in [6, 6.07) is 12.0. The third-order valence-electron chi connectivity index (χ3n) is 3.46. The molecule has 0 fully saturated rings. The van der Waals surface area contributed by atoms with Gasteiger partial charge >= 0.3 is 0 Å². The second-order valence-corrected chi connectivity index (χ2v) is 7.48. The summed E-state index contributed by atoms with van der Waals surface area (Å²) in [5, 5.41) is 2.67. The number of hydrogen-bond acceptors (Lipinski definition) is 4. The molecular weight excluding hydrogens is 359 g/mol. The highest BCUT2D eigenvalue weighted by molar-refractivity contribution is 7.92. The largest absolute Gasteiger partial charge is 0.492 e. The van der Waals surface area contributed by atoms with Crippen LogP contribution < -0.4 is 14.8 Å². The zero-order chi connectivity index (χ0) is 19.2. The van der Waals surface area contributed by atoms with E-state index in [1.165, 1.54) is 25.1 Å². The first-order valence-corrected chi connectivity index (χ1v) is 9.74. The molecule has 1 amide bonds. The number of rotatable bonds is 8. The molecule has 0 saturated carbocycles. The Bertz CT molecular complexity index is 871. The highest BCUT2D eigenvalue weighted by Crippen LogP contribution is 2.24. The molecule has 1 atom stereocenters. The van der Waals surface area contributed by atoms with Crippen LogP contribution in [0.25, 0.3) is 0 Å². The molecule has 0 heterocycles. The smallest absolute Gasteiger partial charge is 0.233 e. The fourth-order valence-electron chi connectivity index (χ4n) is 2.29. The van der Waals surface area contributed by atoms with Gasteiger partial charge in [-0.05, 0) is 37.3 Å². The normalized spacial score (nSPS) is 12.3. The number of carbonyl (C=O) groups is 1. The maximum Gasteiger partial charge on any atom is 0.233 e. The van der Waals surface area contributed by atoms with Crippen molar-refractivity contribution in [2.75, 3.05) is 22.4 Å². The quantitative estimate of drug-likeness (QED) is 0.736. The molecule has 2 aromatic rings. The molecule has 140 valence electrons. The predicted molar refractivity (Wildman–Crippen MR) is 99.2 cm³/mol. The van der Waals surface area contributed by atoms with Gasteiger partial charge in [0, 0.05) is 0 Å². The van der Waals surface area contributed by atoms with E-state index in [4.69, 9.17) is 4.74 Å². The van der Waals surface area contributed by atoms with Crippen LogP contribution in [0, 0.1) is 11.7 Å². The van der Waals surface area contributed by atoms with Crippen molar-refractivity contribution < 1.29 is 22.3 Å². The van der Waals surface area contributed by atoms with Gasteiger partial charge in [0.25, 0.3) is 0 Å². The van der Waals surface area contributed by atoms with E-state index in [1.807, 2.05) is 6.92 Å². The minimum Gasteiger partial charge on any atom is -0.492 e. The molecule has 26 heavy (non-hydrogen) atoms. The Morgan fingerprint density at radius 1 is 1.19 bits per heavy atom. The number of para-hydroxylation sites is 2. The van der Waals surface area contributed by atoms with Crippen molar-refractivity contribution in [3.05, 3.63) is 54.3 Å². The molecule has 6 nitrogen and oxygen atoms in total. The maximum absolute atomic E-state index is 13.2. The van der Waals surface area contributed by atoms with Crippen molar-refractivity contribution in [3.8, 4) is 5.75 Å². The van der Waals surface area contributed by atoms with Gasteiger partial charge in [-0.2, -0.15) is 0 Å². The molecule has 8 heteroatoms. The second kappa shape index (κ2) is 8.66. The van der Waals surface area contributed by atoms with Crippen molar-refractivity contribution in [3.63, 3.8) is 0 Å². The summed E-state index contributed by atoms with van der Waals surface area (Å²) in [4.78, 5) is 12.3. The first-order valence-electron chi connectivity index (χ1n) is 8.09. The number of hydrogen-bond donors (Lipinski definition) is 2. The average Bonchev–Trinajstić information content (AvgIpc) is 2.56. The van der Waals surface area contributed by atoms with E-state index < -0.39 is 33.4 Å². The average molecular weight is 380 g/mol. The number of amides is 1. The summed E-state index contributed by atoms with van der Waals surface area (Å²) in [5.41, 5.74) is 0.584. The lowest BCUT2D eigenvalue weighted by molar-refractivity contribution is -0.118. The van der Waals surface area contributed by atoms with E-state index in [1.54, 1.807) is 24.3 Å². The molecule has 0 bridgehead atoms. The van der Waals surface area contributed by atoms with Crippen LogP contribution in [0.5, 0.6) is 5.75 Å². The molecule has 0 saturated heterocycles. The molecule has 0 aromatic heterocycles.